The van der Waals surface area contributed by atoms with Crippen molar-refractivity contribution in [2.24, 2.45) is 0 Å². The summed E-state index contributed by atoms with van der Waals surface area (Å²) in [4.78, 5) is 13.1. The van der Waals surface area contributed by atoms with Crippen molar-refractivity contribution in [3.63, 3.8) is 0 Å². The molecule has 1 aliphatic heterocycles. The molecule has 0 aliphatic carbocycles. The van der Waals surface area contributed by atoms with Crippen molar-refractivity contribution in [1.29, 1.82) is 0 Å². The minimum absolute atomic E-state index is 0.00920. The van der Waals surface area contributed by atoms with E-state index in [0.29, 0.717) is 45.2 Å². The third-order valence-corrected chi connectivity index (χ3v) is 5.27. The molecule has 3 aromatic heterocycles. The van der Waals surface area contributed by atoms with E-state index >= 15 is 0 Å². The van der Waals surface area contributed by atoms with Crippen LogP contribution in [0.15, 0.2) is 59.4 Å². The molecule has 1 aliphatic rings. The van der Waals surface area contributed by atoms with Crippen LogP contribution in [-0.2, 0) is 0 Å². The van der Waals surface area contributed by atoms with Crippen LogP contribution in [0.3, 0.4) is 0 Å². The highest BCUT2D eigenvalue weighted by atomic mass is 35.5. The Bertz CT molecular complexity index is 1490. The van der Waals surface area contributed by atoms with Gasteiger partial charge < -0.3 is 19.2 Å². The summed E-state index contributed by atoms with van der Waals surface area (Å²) in [6.45, 7) is 0.216. The number of pyridine rings is 1. The molecule has 0 radical (unpaired) electrons. The van der Waals surface area contributed by atoms with Crippen LogP contribution < -0.4 is 14.8 Å². The Morgan fingerprint density at radius 3 is 2.71 bits per heavy atom. The van der Waals surface area contributed by atoms with Crippen LogP contribution in [0.25, 0.3) is 33.3 Å². The number of ether oxygens (including phenoxy) is 2. The maximum Gasteiger partial charge on any atom is 0.231 e. The molecule has 1 N–H and O–H groups in total. The fourth-order valence-corrected chi connectivity index (χ4v) is 3.66. The zero-order valence-corrected chi connectivity index (χ0v) is 16.5. The Hall–Kier alpha value is -3.91. The molecule has 4 heterocycles. The van der Waals surface area contributed by atoms with Crippen molar-refractivity contribution in [1.82, 2.24) is 15.0 Å². The zero-order chi connectivity index (χ0) is 20.9. The van der Waals surface area contributed by atoms with Gasteiger partial charge in [-0.25, -0.2) is 19.3 Å². The monoisotopic (exact) mass is 434 g/mol. The van der Waals surface area contributed by atoms with Gasteiger partial charge in [-0.3, -0.25) is 0 Å². The van der Waals surface area contributed by atoms with Crippen molar-refractivity contribution in [3.8, 4) is 22.6 Å². The van der Waals surface area contributed by atoms with Gasteiger partial charge in [0.1, 0.15) is 23.2 Å². The topological polar surface area (TPSA) is 82.3 Å². The first kappa shape index (κ1) is 17.9. The zero-order valence-electron chi connectivity index (χ0n) is 15.7. The highest BCUT2D eigenvalue weighted by Gasteiger charge is 2.18. The Morgan fingerprint density at radius 1 is 0.903 bits per heavy atom. The van der Waals surface area contributed by atoms with Gasteiger partial charge in [-0.05, 0) is 42.0 Å². The van der Waals surface area contributed by atoms with E-state index in [4.69, 9.17) is 25.5 Å². The van der Waals surface area contributed by atoms with Crippen molar-refractivity contribution < 1.29 is 18.3 Å². The molecule has 7 nitrogen and oxygen atoms in total. The Kier molecular flexibility index (Phi) is 3.94. The lowest BCUT2D eigenvalue weighted by Gasteiger charge is -2.06. The van der Waals surface area contributed by atoms with E-state index in [0.717, 1.165) is 11.1 Å². The lowest BCUT2D eigenvalue weighted by atomic mass is 10.1. The maximum absolute atomic E-state index is 13.5. The van der Waals surface area contributed by atoms with E-state index in [2.05, 4.69) is 20.3 Å². The number of fused-ring (bicyclic) bond motifs is 4. The van der Waals surface area contributed by atoms with Crippen LogP contribution in [0, 0.1) is 5.82 Å². The molecule has 0 unspecified atom stereocenters. The van der Waals surface area contributed by atoms with Crippen LogP contribution in [-0.4, -0.2) is 21.7 Å². The molecule has 31 heavy (non-hydrogen) atoms. The summed E-state index contributed by atoms with van der Waals surface area (Å²) in [7, 11) is 0. The first-order valence-electron chi connectivity index (χ1n) is 9.31. The maximum atomic E-state index is 13.5. The number of hydrogen-bond donors (Lipinski definition) is 1. The van der Waals surface area contributed by atoms with Crippen molar-refractivity contribution in [2.45, 2.75) is 0 Å². The summed E-state index contributed by atoms with van der Waals surface area (Å²) in [5.41, 5.74) is 4.53. The van der Waals surface area contributed by atoms with Crippen molar-refractivity contribution in [3.05, 3.63) is 65.8 Å². The van der Waals surface area contributed by atoms with E-state index in [9.17, 15) is 4.39 Å². The first-order valence-corrected chi connectivity index (χ1v) is 9.69. The molecule has 0 amide bonds. The number of benzene rings is 2. The van der Waals surface area contributed by atoms with E-state index < -0.39 is 5.82 Å². The second-order valence-electron chi connectivity index (χ2n) is 6.89. The number of nitrogens with zero attached hydrogens (tertiary/aromatic N) is 3. The summed E-state index contributed by atoms with van der Waals surface area (Å²) in [6, 6.07) is 11.9. The van der Waals surface area contributed by atoms with Gasteiger partial charge in [-0.2, -0.15) is 0 Å². The third kappa shape index (κ3) is 3.00. The average molecular weight is 435 g/mol. The highest BCUT2D eigenvalue weighted by molar-refractivity contribution is 6.31. The molecule has 0 spiro atoms. The van der Waals surface area contributed by atoms with Crippen LogP contribution in [0.2, 0.25) is 5.02 Å². The number of anilines is 2. The Labute approximate surface area is 179 Å². The molecule has 0 atom stereocenters. The fraction of sp³-hybridized carbons (Fsp3) is 0.0455. The van der Waals surface area contributed by atoms with Gasteiger partial charge in [0.25, 0.3) is 0 Å². The highest BCUT2D eigenvalue weighted by Crippen LogP contribution is 2.37. The van der Waals surface area contributed by atoms with Gasteiger partial charge in [-0.15, -0.1) is 0 Å². The predicted molar refractivity (Wildman–Crippen MR) is 113 cm³/mol. The molecular weight excluding hydrogens is 423 g/mol. The minimum Gasteiger partial charge on any atom is -0.454 e. The molecule has 9 heteroatoms. The molecular formula is C22H12ClFN4O3. The van der Waals surface area contributed by atoms with Crippen LogP contribution in [0.4, 0.5) is 15.9 Å². The number of halogens is 2. The van der Waals surface area contributed by atoms with Gasteiger partial charge in [0.05, 0.1) is 5.02 Å². The molecule has 0 bridgehead atoms. The second kappa shape index (κ2) is 6.82. The normalized spacial score (nSPS) is 12.6. The van der Waals surface area contributed by atoms with Crippen LogP contribution >= 0.6 is 11.6 Å². The van der Waals surface area contributed by atoms with Gasteiger partial charge in [0.2, 0.25) is 6.79 Å². The SMILES string of the molecule is Fc1ccc(Nc2ncnc3c2oc2cc(-c4ccc5c(c4)OCO5)cnc23)cc1Cl. The standard InChI is InChI=1S/C22H12ClFN4O3/c23-14-7-13(2-3-15(14)24)28-22-21-20(26-9-27-22)19-18(31-21)6-12(8-25-19)11-1-4-16-17(5-11)30-10-29-16/h1-9H,10H2,(H,26,27,28). The first-order chi connectivity index (χ1) is 15.2. The lowest BCUT2D eigenvalue weighted by molar-refractivity contribution is 0.174. The van der Waals surface area contributed by atoms with Gasteiger partial charge in [-0.1, -0.05) is 17.7 Å². The summed E-state index contributed by atoms with van der Waals surface area (Å²) >= 11 is 5.88. The predicted octanol–water partition coefficient (Wildman–Crippen LogP) is 5.70. The number of rotatable bonds is 3. The molecule has 6 rings (SSSR count). The molecule has 5 aromatic rings. The summed E-state index contributed by atoms with van der Waals surface area (Å²) in [5.74, 6) is 1.34. The third-order valence-electron chi connectivity index (χ3n) is 4.98. The van der Waals surface area contributed by atoms with E-state index in [1.807, 2.05) is 24.3 Å². The molecule has 152 valence electrons. The number of furan rings is 1. The van der Waals surface area contributed by atoms with Crippen molar-refractivity contribution >= 4 is 45.3 Å². The minimum atomic E-state index is -0.496. The van der Waals surface area contributed by atoms with Gasteiger partial charge >= 0.3 is 0 Å². The summed E-state index contributed by atoms with van der Waals surface area (Å²) in [5, 5.41) is 3.11. The van der Waals surface area contributed by atoms with E-state index in [1.54, 1.807) is 12.3 Å². The molecule has 2 aromatic carbocycles. The quantitative estimate of drug-likeness (QED) is 0.390. The lowest BCUT2D eigenvalue weighted by Crippen LogP contribution is -1.95. The van der Waals surface area contributed by atoms with E-state index in [-0.39, 0.29) is 11.8 Å². The summed E-state index contributed by atoms with van der Waals surface area (Å²) < 4.78 is 30.3. The second-order valence-corrected chi connectivity index (χ2v) is 7.30. The van der Waals surface area contributed by atoms with Gasteiger partial charge in [0, 0.05) is 17.4 Å². The average Bonchev–Trinajstić information content (AvgIpc) is 3.40. The smallest absolute Gasteiger partial charge is 0.231 e. The van der Waals surface area contributed by atoms with Crippen molar-refractivity contribution in [2.75, 3.05) is 12.1 Å². The summed E-state index contributed by atoms with van der Waals surface area (Å²) in [6.07, 6.45) is 3.17. The largest absolute Gasteiger partial charge is 0.454 e. The number of hydrogen-bond acceptors (Lipinski definition) is 7. The van der Waals surface area contributed by atoms with Crippen LogP contribution in [0.1, 0.15) is 0 Å². The molecule has 0 saturated heterocycles. The number of nitrogens with one attached hydrogen (secondary N) is 1. The van der Waals surface area contributed by atoms with Gasteiger partial charge in [0.15, 0.2) is 28.5 Å². The number of aromatic nitrogens is 3. The Morgan fingerprint density at radius 2 is 1.81 bits per heavy atom. The van der Waals surface area contributed by atoms with Crippen LogP contribution in [0.5, 0.6) is 11.5 Å². The van der Waals surface area contributed by atoms with E-state index in [1.165, 1.54) is 18.5 Å². The molecule has 0 saturated carbocycles. The Balaban J connectivity index is 1.43. The fourth-order valence-electron chi connectivity index (χ4n) is 3.48. The molecule has 0 fully saturated rings.